The molecule has 0 bridgehead atoms. The molecule has 0 saturated heterocycles. The van der Waals surface area contributed by atoms with Crippen molar-refractivity contribution in [2.24, 2.45) is 5.73 Å². The van der Waals surface area contributed by atoms with E-state index in [0.29, 0.717) is 6.54 Å². The van der Waals surface area contributed by atoms with Gasteiger partial charge in [-0.1, -0.05) is 0 Å². The van der Waals surface area contributed by atoms with E-state index in [9.17, 15) is 9.59 Å². The number of rotatable bonds is 9. The van der Waals surface area contributed by atoms with Gasteiger partial charge in [-0.15, -0.1) is 0 Å². The van der Waals surface area contributed by atoms with Crippen molar-refractivity contribution >= 4 is 20.7 Å². The number of nitrogens with two attached hydrogens (primary N) is 1. The monoisotopic (exact) mass is 320 g/mol. The SMILES string of the molecule is CO[Si](CCCNCCN)(OC)OC.O=C1C=CC(=O)O1. The Morgan fingerprint density at radius 2 is 1.62 bits per heavy atom. The van der Waals surface area contributed by atoms with Crippen molar-refractivity contribution in [3.05, 3.63) is 12.2 Å². The van der Waals surface area contributed by atoms with Gasteiger partial charge in [0.25, 0.3) is 0 Å². The average molecular weight is 320 g/mol. The van der Waals surface area contributed by atoms with Crippen LogP contribution in [0.3, 0.4) is 0 Å². The summed E-state index contributed by atoms with van der Waals surface area (Å²) >= 11 is 0. The number of carbonyl (C=O) groups is 2. The maximum Gasteiger partial charge on any atom is 0.500 e. The number of hydrogen-bond acceptors (Lipinski definition) is 8. The lowest BCUT2D eigenvalue weighted by atomic mass is 10.5. The highest BCUT2D eigenvalue weighted by molar-refractivity contribution is 6.60. The summed E-state index contributed by atoms with van der Waals surface area (Å²) in [6.07, 6.45) is 3.15. The molecule has 0 radical (unpaired) electrons. The van der Waals surface area contributed by atoms with Gasteiger partial charge in [0, 0.05) is 52.6 Å². The fourth-order valence-corrected chi connectivity index (χ4v) is 3.24. The van der Waals surface area contributed by atoms with Gasteiger partial charge in [-0.05, 0) is 13.0 Å². The number of ether oxygens (including phenoxy) is 1. The highest BCUT2D eigenvalue weighted by atomic mass is 28.4. The summed E-state index contributed by atoms with van der Waals surface area (Å²) in [5.41, 5.74) is 5.35. The van der Waals surface area contributed by atoms with Crippen LogP contribution in [0.1, 0.15) is 6.42 Å². The molecule has 0 aromatic heterocycles. The predicted octanol–water partition coefficient (Wildman–Crippen LogP) is -0.571. The number of cyclic esters (lactones) is 2. The zero-order chi connectivity index (χ0) is 16.1. The molecule has 0 aromatic rings. The van der Waals surface area contributed by atoms with E-state index in [-0.39, 0.29) is 0 Å². The van der Waals surface area contributed by atoms with Gasteiger partial charge in [-0.25, -0.2) is 9.59 Å². The molecule has 122 valence electrons. The Labute approximate surface area is 125 Å². The minimum atomic E-state index is -2.35. The fourth-order valence-electron chi connectivity index (χ4n) is 1.52. The first-order valence-corrected chi connectivity index (χ1v) is 8.47. The first-order chi connectivity index (χ1) is 10.0. The van der Waals surface area contributed by atoms with E-state index in [1.165, 1.54) is 0 Å². The molecule has 1 aliphatic rings. The Morgan fingerprint density at radius 1 is 1.10 bits per heavy atom. The second kappa shape index (κ2) is 11.5. The first kappa shape index (κ1) is 19.9. The summed E-state index contributed by atoms with van der Waals surface area (Å²) in [4.78, 5) is 19.8. The summed E-state index contributed by atoms with van der Waals surface area (Å²) in [5.74, 6) is -1.16. The molecule has 0 aromatic carbocycles. The van der Waals surface area contributed by atoms with E-state index < -0.39 is 20.7 Å². The number of carbonyl (C=O) groups excluding carboxylic acids is 2. The molecule has 1 heterocycles. The smallest absolute Gasteiger partial charge is 0.387 e. The highest BCUT2D eigenvalue weighted by Gasteiger charge is 2.36. The van der Waals surface area contributed by atoms with Crippen LogP contribution < -0.4 is 11.1 Å². The van der Waals surface area contributed by atoms with Crippen molar-refractivity contribution in [2.75, 3.05) is 41.0 Å². The molecule has 0 saturated carbocycles. The molecule has 0 amide bonds. The largest absolute Gasteiger partial charge is 0.500 e. The van der Waals surface area contributed by atoms with Crippen LogP contribution >= 0.6 is 0 Å². The molecule has 1 rings (SSSR count). The van der Waals surface area contributed by atoms with Gasteiger partial charge >= 0.3 is 20.7 Å². The predicted molar refractivity (Wildman–Crippen MR) is 78.4 cm³/mol. The van der Waals surface area contributed by atoms with Gasteiger partial charge in [0.1, 0.15) is 0 Å². The molecule has 1 aliphatic heterocycles. The molecular formula is C12H24N2O6Si. The van der Waals surface area contributed by atoms with Crippen molar-refractivity contribution in [3.8, 4) is 0 Å². The lowest BCUT2D eigenvalue weighted by Crippen LogP contribution is -2.43. The molecule has 0 aliphatic carbocycles. The molecule has 3 N–H and O–H groups in total. The maximum atomic E-state index is 9.92. The van der Waals surface area contributed by atoms with Crippen LogP contribution in [0.2, 0.25) is 6.04 Å². The Bertz CT molecular complexity index is 322. The fraction of sp³-hybridized carbons (Fsp3) is 0.667. The lowest BCUT2D eigenvalue weighted by molar-refractivity contribution is -0.150. The van der Waals surface area contributed by atoms with Crippen LogP contribution in [-0.4, -0.2) is 61.7 Å². The van der Waals surface area contributed by atoms with Crippen molar-refractivity contribution in [3.63, 3.8) is 0 Å². The minimum absolute atomic E-state index is 0.579. The minimum Gasteiger partial charge on any atom is -0.387 e. The molecule has 0 atom stereocenters. The zero-order valence-corrected chi connectivity index (χ0v) is 13.7. The molecule has 8 nitrogen and oxygen atoms in total. The van der Waals surface area contributed by atoms with Crippen LogP contribution in [-0.2, 0) is 27.6 Å². The van der Waals surface area contributed by atoms with Crippen LogP contribution in [0.15, 0.2) is 12.2 Å². The molecule has 0 spiro atoms. The topological polar surface area (TPSA) is 109 Å². The second-order valence-corrected chi connectivity index (χ2v) is 7.10. The zero-order valence-electron chi connectivity index (χ0n) is 12.7. The van der Waals surface area contributed by atoms with Crippen molar-refractivity contribution in [1.29, 1.82) is 0 Å². The van der Waals surface area contributed by atoms with Crippen LogP contribution in [0.5, 0.6) is 0 Å². The molecule has 21 heavy (non-hydrogen) atoms. The van der Waals surface area contributed by atoms with E-state index in [4.69, 9.17) is 19.0 Å². The molecule has 0 fully saturated rings. The lowest BCUT2D eigenvalue weighted by Gasteiger charge is -2.24. The van der Waals surface area contributed by atoms with Gasteiger partial charge in [0.2, 0.25) is 0 Å². The third kappa shape index (κ3) is 8.70. The maximum absolute atomic E-state index is 9.92. The van der Waals surface area contributed by atoms with Gasteiger partial charge in [0.05, 0.1) is 0 Å². The molecule has 0 unspecified atom stereocenters. The van der Waals surface area contributed by atoms with E-state index in [2.05, 4.69) is 10.1 Å². The standard InChI is InChI=1S/C8H22N2O3Si.C4H2O3/c1-11-14(12-2,13-3)8-4-6-10-7-5-9;5-3-1-2-4(6)7-3/h10H,4-9H2,1-3H3;1-2H. The average Bonchev–Trinajstić information content (AvgIpc) is 2.88. The molecular weight excluding hydrogens is 296 g/mol. The van der Waals surface area contributed by atoms with Gasteiger partial charge in [-0.2, -0.15) is 0 Å². The Hall–Kier alpha value is -1.10. The number of nitrogens with one attached hydrogen (secondary N) is 1. The van der Waals surface area contributed by atoms with Crippen LogP contribution in [0, 0.1) is 0 Å². The first-order valence-electron chi connectivity index (χ1n) is 6.53. The highest BCUT2D eigenvalue weighted by Crippen LogP contribution is 2.14. The summed E-state index contributed by atoms with van der Waals surface area (Å²) in [6, 6.07) is 0.827. The number of hydrogen-bond donors (Lipinski definition) is 2. The number of esters is 2. The van der Waals surface area contributed by atoms with E-state index in [1.807, 2.05) is 0 Å². The van der Waals surface area contributed by atoms with Gasteiger partial charge in [0.15, 0.2) is 0 Å². The second-order valence-electron chi connectivity index (χ2n) is 4.01. The third-order valence-electron chi connectivity index (χ3n) is 2.65. The quantitative estimate of drug-likeness (QED) is 0.252. The Morgan fingerprint density at radius 3 is 1.95 bits per heavy atom. The summed E-state index contributed by atoms with van der Waals surface area (Å²) < 4.78 is 19.8. The normalized spacial score (nSPS) is 13.9. The summed E-state index contributed by atoms with van der Waals surface area (Å²) in [6.45, 7) is 2.44. The third-order valence-corrected chi connectivity index (χ3v) is 5.48. The van der Waals surface area contributed by atoms with E-state index in [0.717, 1.165) is 37.7 Å². The van der Waals surface area contributed by atoms with E-state index >= 15 is 0 Å². The summed E-state index contributed by atoms with van der Waals surface area (Å²) in [5, 5.41) is 3.21. The Kier molecular flexibility index (Phi) is 10.9. The molecule has 9 heteroatoms. The van der Waals surface area contributed by atoms with Crippen LogP contribution in [0.4, 0.5) is 0 Å². The van der Waals surface area contributed by atoms with Gasteiger partial charge < -0.3 is 29.1 Å². The Balaban J connectivity index is 0.000000471. The van der Waals surface area contributed by atoms with E-state index in [1.54, 1.807) is 21.3 Å². The van der Waals surface area contributed by atoms with Crippen LogP contribution in [0.25, 0.3) is 0 Å². The summed E-state index contributed by atoms with van der Waals surface area (Å²) in [7, 11) is 2.55. The van der Waals surface area contributed by atoms with Gasteiger partial charge in [-0.3, -0.25) is 0 Å². The van der Waals surface area contributed by atoms with Crippen molar-refractivity contribution in [2.45, 2.75) is 12.5 Å². The van der Waals surface area contributed by atoms with Crippen molar-refractivity contribution in [1.82, 2.24) is 5.32 Å². The van der Waals surface area contributed by atoms with Crippen molar-refractivity contribution < 1.29 is 27.6 Å².